The van der Waals surface area contributed by atoms with Crippen molar-refractivity contribution in [2.45, 2.75) is 19.1 Å². The normalized spacial score (nSPS) is 10.6. The molecule has 112 valence electrons. The topological polar surface area (TPSA) is 75.4 Å². The standard InChI is InChI=1S/C15H18N2O3S/c1-2-12-3-4-13(20-12)15(19)17-14-9-11(5-6-16-14)10-21-8-7-18/h3-6,9,18H,2,7-8,10H2,1H3,(H,16,17,19). The van der Waals surface area contributed by atoms with Crippen molar-refractivity contribution in [3.05, 3.63) is 47.5 Å². The van der Waals surface area contributed by atoms with Gasteiger partial charge in [0.15, 0.2) is 5.76 Å². The first-order chi connectivity index (χ1) is 10.2. The van der Waals surface area contributed by atoms with Crippen LogP contribution in [0.3, 0.4) is 0 Å². The Morgan fingerprint density at radius 1 is 1.43 bits per heavy atom. The van der Waals surface area contributed by atoms with Crippen molar-refractivity contribution >= 4 is 23.5 Å². The summed E-state index contributed by atoms with van der Waals surface area (Å²) in [4.78, 5) is 16.2. The molecule has 0 aromatic carbocycles. The maximum Gasteiger partial charge on any atom is 0.292 e. The van der Waals surface area contributed by atoms with Crippen LogP contribution in [-0.4, -0.2) is 28.4 Å². The molecule has 0 unspecified atom stereocenters. The minimum atomic E-state index is -0.303. The fraction of sp³-hybridized carbons (Fsp3) is 0.333. The van der Waals surface area contributed by atoms with Gasteiger partial charge in [-0.05, 0) is 29.8 Å². The largest absolute Gasteiger partial charge is 0.456 e. The van der Waals surface area contributed by atoms with Crippen LogP contribution in [0.4, 0.5) is 5.82 Å². The van der Waals surface area contributed by atoms with Gasteiger partial charge >= 0.3 is 0 Å². The summed E-state index contributed by atoms with van der Waals surface area (Å²) >= 11 is 1.63. The quantitative estimate of drug-likeness (QED) is 0.769. The third-order valence-corrected chi connectivity index (χ3v) is 3.81. The number of aromatic nitrogens is 1. The van der Waals surface area contributed by atoms with Crippen LogP contribution in [0.5, 0.6) is 0 Å². The van der Waals surface area contributed by atoms with Gasteiger partial charge < -0.3 is 14.8 Å². The van der Waals surface area contributed by atoms with E-state index in [-0.39, 0.29) is 18.3 Å². The Bertz CT molecular complexity index is 598. The molecule has 1 amide bonds. The van der Waals surface area contributed by atoms with Crippen molar-refractivity contribution < 1.29 is 14.3 Å². The average Bonchev–Trinajstić information content (AvgIpc) is 2.97. The van der Waals surface area contributed by atoms with E-state index >= 15 is 0 Å². The van der Waals surface area contributed by atoms with Crippen LogP contribution in [0.25, 0.3) is 0 Å². The minimum Gasteiger partial charge on any atom is -0.456 e. The number of amides is 1. The fourth-order valence-corrected chi connectivity index (χ4v) is 2.44. The van der Waals surface area contributed by atoms with Crippen LogP contribution < -0.4 is 5.32 Å². The maximum absolute atomic E-state index is 12.0. The van der Waals surface area contributed by atoms with E-state index in [0.29, 0.717) is 11.6 Å². The van der Waals surface area contributed by atoms with Crippen LogP contribution in [0.15, 0.2) is 34.9 Å². The number of pyridine rings is 1. The Labute approximate surface area is 127 Å². The second kappa shape index (κ2) is 7.85. The van der Waals surface area contributed by atoms with Crippen LogP contribution in [0.2, 0.25) is 0 Å². The number of aliphatic hydroxyl groups excluding tert-OH is 1. The molecule has 6 heteroatoms. The van der Waals surface area contributed by atoms with Crippen molar-refractivity contribution in [3.8, 4) is 0 Å². The van der Waals surface area contributed by atoms with Gasteiger partial charge in [0.2, 0.25) is 0 Å². The molecule has 2 aromatic heterocycles. The lowest BCUT2D eigenvalue weighted by molar-refractivity contribution is 0.0994. The highest BCUT2D eigenvalue weighted by molar-refractivity contribution is 7.98. The van der Waals surface area contributed by atoms with Gasteiger partial charge in [0, 0.05) is 24.1 Å². The predicted molar refractivity (Wildman–Crippen MR) is 83.5 cm³/mol. The minimum absolute atomic E-state index is 0.164. The van der Waals surface area contributed by atoms with Gasteiger partial charge in [-0.2, -0.15) is 11.8 Å². The summed E-state index contributed by atoms with van der Waals surface area (Å²) in [6, 6.07) is 7.17. The van der Waals surface area contributed by atoms with E-state index in [2.05, 4.69) is 10.3 Å². The van der Waals surface area contributed by atoms with Gasteiger partial charge in [-0.1, -0.05) is 6.92 Å². The van der Waals surface area contributed by atoms with Gasteiger partial charge in [-0.3, -0.25) is 4.79 Å². The molecule has 0 aliphatic heterocycles. The molecule has 21 heavy (non-hydrogen) atoms. The lowest BCUT2D eigenvalue weighted by Gasteiger charge is -2.05. The zero-order chi connectivity index (χ0) is 15.1. The van der Waals surface area contributed by atoms with Crippen LogP contribution in [0.1, 0.15) is 28.8 Å². The number of aryl methyl sites for hydroxylation is 1. The first-order valence-electron chi connectivity index (χ1n) is 6.76. The number of carbonyl (C=O) groups excluding carboxylic acids is 1. The van der Waals surface area contributed by atoms with Gasteiger partial charge in [-0.15, -0.1) is 0 Å². The summed E-state index contributed by atoms with van der Waals surface area (Å²) in [6.45, 7) is 2.13. The molecular weight excluding hydrogens is 288 g/mol. The molecule has 2 N–H and O–H groups in total. The second-order valence-corrected chi connectivity index (χ2v) is 5.50. The van der Waals surface area contributed by atoms with Crippen molar-refractivity contribution in [1.82, 2.24) is 4.98 Å². The first kappa shape index (κ1) is 15.6. The Morgan fingerprint density at radius 2 is 2.29 bits per heavy atom. The molecule has 0 aliphatic rings. The van der Waals surface area contributed by atoms with E-state index in [1.54, 1.807) is 30.1 Å². The first-order valence-corrected chi connectivity index (χ1v) is 7.92. The fourth-order valence-electron chi connectivity index (χ4n) is 1.75. The van der Waals surface area contributed by atoms with Crippen molar-refractivity contribution in [2.24, 2.45) is 0 Å². The molecule has 5 nitrogen and oxygen atoms in total. The third-order valence-electron chi connectivity index (χ3n) is 2.80. The molecule has 0 atom stereocenters. The molecule has 0 radical (unpaired) electrons. The number of rotatable bonds is 7. The molecule has 0 saturated heterocycles. The van der Waals surface area contributed by atoms with E-state index in [1.807, 2.05) is 19.1 Å². The lowest BCUT2D eigenvalue weighted by atomic mass is 10.3. The summed E-state index contributed by atoms with van der Waals surface area (Å²) in [7, 11) is 0. The van der Waals surface area contributed by atoms with E-state index < -0.39 is 0 Å². The second-order valence-electron chi connectivity index (χ2n) is 4.40. The lowest BCUT2D eigenvalue weighted by Crippen LogP contribution is -2.12. The highest BCUT2D eigenvalue weighted by Gasteiger charge is 2.11. The third kappa shape index (κ3) is 4.61. The Kier molecular flexibility index (Phi) is 5.83. The smallest absolute Gasteiger partial charge is 0.292 e. The molecule has 0 spiro atoms. The highest BCUT2D eigenvalue weighted by Crippen LogP contribution is 2.16. The van der Waals surface area contributed by atoms with E-state index in [4.69, 9.17) is 9.52 Å². The van der Waals surface area contributed by atoms with Crippen LogP contribution in [0, 0.1) is 0 Å². The Morgan fingerprint density at radius 3 is 3.00 bits per heavy atom. The molecule has 0 bridgehead atoms. The van der Waals surface area contributed by atoms with Crippen molar-refractivity contribution in [3.63, 3.8) is 0 Å². The van der Waals surface area contributed by atoms with E-state index in [1.165, 1.54) is 0 Å². The SMILES string of the molecule is CCc1ccc(C(=O)Nc2cc(CSCCO)ccn2)o1. The predicted octanol–water partition coefficient (Wildman–Crippen LogP) is 2.71. The molecule has 2 heterocycles. The summed E-state index contributed by atoms with van der Waals surface area (Å²) in [5, 5.41) is 11.5. The summed E-state index contributed by atoms with van der Waals surface area (Å²) < 4.78 is 5.40. The molecule has 2 aromatic rings. The Balaban J connectivity index is 1.98. The number of furan rings is 1. The van der Waals surface area contributed by atoms with Crippen LogP contribution in [-0.2, 0) is 12.2 Å². The van der Waals surface area contributed by atoms with Gasteiger partial charge in [-0.25, -0.2) is 4.98 Å². The number of hydrogen-bond acceptors (Lipinski definition) is 5. The number of carbonyl (C=O) groups is 1. The van der Waals surface area contributed by atoms with E-state index in [9.17, 15) is 4.79 Å². The molecule has 0 saturated carbocycles. The molecule has 0 aliphatic carbocycles. The van der Waals surface area contributed by atoms with Gasteiger partial charge in [0.05, 0.1) is 6.61 Å². The zero-order valence-electron chi connectivity index (χ0n) is 11.8. The highest BCUT2D eigenvalue weighted by atomic mass is 32.2. The summed E-state index contributed by atoms with van der Waals surface area (Å²) in [6.07, 6.45) is 2.41. The number of thioether (sulfide) groups is 1. The van der Waals surface area contributed by atoms with E-state index in [0.717, 1.165) is 23.5 Å². The molecular formula is C15H18N2O3S. The van der Waals surface area contributed by atoms with Gasteiger partial charge in [0.25, 0.3) is 5.91 Å². The maximum atomic E-state index is 12.0. The Hall–Kier alpha value is -1.79. The zero-order valence-corrected chi connectivity index (χ0v) is 12.7. The average molecular weight is 306 g/mol. The number of hydrogen-bond donors (Lipinski definition) is 2. The number of nitrogens with zero attached hydrogens (tertiary/aromatic N) is 1. The monoisotopic (exact) mass is 306 g/mol. The number of nitrogens with one attached hydrogen (secondary N) is 1. The number of aliphatic hydroxyl groups is 1. The summed E-state index contributed by atoms with van der Waals surface area (Å²) in [5.74, 6) is 2.72. The van der Waals surface area contributed by atoms with Crippen molar-refractivity contribution in [1.29, 1.82) is 0 Å². The van der Waals surface area contributed by atoms with Crippen molar-refractivity contribution in [2.75, 3.05) is 17.7 Å². The summed E-state index contributed by atoms with van der Waals surface area (Å²) in [5.41, 5.74) is 1.05. The van der Waals surface area contributed by atoms with Crippen LogP contribution >= 0.6 is 11.8 Å². The number of anilines is 1. The molecule has 0 fully saturated rings. The molecule has 2 rings (SSSR count). The van der Waals surface area contributed by atoms with Gasteiger partial charge in [0.1, 0.15) is 11.6 Å².